The van der Waals surface area contributed by atoms with Crippen molar-refractivity contribution in [3.63, 3.8) is 0 Å². The summed E-state index contributed by atoms with van der Waals surface area (Å²) in [6.07, 6.45) is 6.25. The lowest BCUT2D eigenvalue weighted by Crippen LogP contribution is -2.39. The smallest absolute Gasteiger partial charge is 0.178 e. The number of hydrogen-bond acceptors (Lipinski definition) is 3. The summed E-state index contributed by atoms with van der Waals surface area (Å²) in [7, 11) is 6.21. The van der Waals surface area contributed by atoms with Gasteiger partial charge in [-0.25, -0.2) is 0 Å². The Hall–Kier alpha value is -1.13. The molecule has 1 fully saturated rings. The van der Waals surface area contributed by atoms with Crippen LogP contribution in [0.15, 0.2) is 18.5 Å². The number of carbonyl (C=O) groups is 1. The number of Topliss-reactive ketones (excluding diaryl/α,β-unsaturated/α-hetero) is 1. The van der Waals surface area contributed by atoms with Gasteiger partial charge in [0.25, 0.3) is 0 Å². The molecule has 0 amide bonds. The average Bonchev–Trinajstić information content (AvgIpc) is 2.78. The Morgan fingerprint density at radius 3 is 2.58 bits per heavy atom. The standard InChI is InChI=1S/C15H25N3O/c1-16(2)10-13-4-8-18(9-5-13)12-15(19)14-6-7-17(3)11-14/h6-7,11,13H,4-5,8-10,12H2,1-3H3. The molecule has 106 valence electrons. The molecule has 0 aliphatic carbocycles. The summed E-state index contributed by atoms with van der Waals surface area (Å²) in [5.74, 6) is 1.03. The summed E-state index contributed by atoms with van der Waals surface area (Å²) in [5, 5.41) is 0. The molecule has 0 unspecified atom stereocenters. The van der Waals surface area contributed by atoms with Gasteiger partial charge < -0.3 is 9.47 Å². The lowest BCUT2D eigenvalue weighted by Gasteiger charge is -2.32. The van der Waals surface area contributed by atoms with E-state index in [2.05, 4.69) is 23.9 Å². The number of carbonyl (C=O) groups excluding carboxylic acids is 1. The van der Waals surface area contributed by atoms with E-state index in [0.717, 1.165) is 24.6 Å². The quantitative estimate of drug-likeness (QED) is 0.753. The van der Waals surface area contributed by atoms with Crippen molar-refractivity contribution in [3.8, 4) is 0 Å². The summed E-state index contributed by atoms with van der Waals surface area (Å²) in [6, 6.07) is 1.90. The van der Waals surface area contributed by atoms with Gasteiger partial charge in [0.2, 0.25) is 0 Å². The van der Waals surface area contributed by atoms with Crippen molar-refractivity contribution in [2.24, 2.45) is 13.0 Å². The van der Waals surface area contributed by atoms with Crippen LogP contribution >= 0.6 is 0 Å². The molecule has 1 aromatic heterocycles. The van der Waals surface area contributed by atoms with Crippen LogP contribution in [0, 0.1) is 5.92 Å². The molecule has 2 heterocycles. The number of nitrogens with zero attached hydrogens (tertiary/aromatic N) is 3. The van der Waals surface area contributed by atoms with Gasteiger partial charge in [0.1, 0.15) is 0 Å². The minimum atomic E-state index is 0.242. The monoisotopic (exact) mass is 263 g/mol. The van der Waals surface area contributed by atoms with Gasteiger partial charge in [0, 0.05) is 31.5 Å². The first-order valence-corrected chi connectivity index (χ1v) is 7.07. The molecule has 4 nitrogen and oxygen atoms in total. The van der Waals surface area contributed by atoms with Gasteiger partial charge >= 0.3 is 0 Å². The van der Waals surface area contributed by atoms with Crippen LogP contribution < -0.4 is 0 Å². The number of hydrogen-bond donors (Lipinski definition) is 0. The third kappa shape index (κ3) is 4.18. The summed E-state index contributed by atoms with van der Waals surface area (Å²) >= 11 is 0. The maximum atomic E-state index is 12.1. The Bertz CT molecular complexity index is 417. The third-order valence-electron chi connectivity index (χ3n) is 3.85. The lowest BCUT2D eigenvalue weighted by molar-refractivity contribution is 0.0886. The van der Waals surface area contributed by atoms with E-state index in [9.17, 15) is 4.79 Å². The molecule has 0 radical (unpaired) electrons. The van der Waals surface area contributed by atoms with Gasteiger partial charge in [-0.2, -0.15) is 0 Å². The normalized spacial score (nSPS) is 18.1. The van der Waals surface area contributed by atoms with E-state index in [1.54, 1.807) is 0 Å². The molecule has 0 bridgehead atoms. The fourth-order valence-corrected chi connectivity index (χ4v) is 2.81. The van der Waals surface area contributed by atoms with Gasteiger partial charge in [-0.1, -0.05) is 0 Å². The molecule has 4 heteroatoms. The summed E-state index contributed by atoms with van der Waals surface area (Å²) in [5.41, 5.74) is 0.831. The first-order valence-electron chi connectivity index (χ1n) is 7.07. The van der Waals surface area contributed by atoms with Crippen molar-refractivity contribution in [1.82, 2.24) is 14.4 Å². The second kappa shape index (κ2) is 6.35. The van der Waals surface area contributed by atoms with Crippen molar-refractivity contribution >= 4 is 5.78 Å². The van der Waals surface area contributed by atoms with Crippen LogP contribution in [0.25, 0.3) is 0 Å². The Labute approximate surface area is 116 Å². The molecule has 2 rings (SSSR count). The second-order valence-electron chi connectivity index (χ2n) is 5.97. The highest BCUT2D eigenvalue weighted by atomic mass is 16.1. The highest BCUT2D eigenvalue weighted by Crippen LogP contribution is 2.18. The van der Waals surface area contributed by atoms with Gasteiger partial charge in [-0.3, -0.25) is 9.69 Å². The zero-order valence-corrected chi connectivity index (χ0v) is 12.3. The first kappa shape index (κ1) is 14.3. The van der Waals surface area contributed by atoms with E-state index < -0.39 is 0 Å². The molecule has 1 aliphatic heterocycles. The molecule has 1 aliphatic rings. The maximum Gasteiger partial charge on any atom is 0.178 e. The van der Waals surface area contributed by atoms with Crippen LogP contribution in [-0.2, 0) is 7.05 Å². The van der Waals surface area contributed by atoms with Crippen molar-refractivity contribution in [3.05, 3.63) is 24.0 Å². The van der Waals surface area contributed by atoms with Gasteiger partial charge in [-0.15, -0.1) is 0 Å². The van der Waals surface area contributed by atoms with Crippen molar-refractivity contribution in [1.29, 1.82) is 0 Å². The molecule has 0 aromatic carbocycles. The molecule has 0 N–H and O–H groups in total. The molecule has 0 atom stereocenters. The Morgan fingerprint density at radius 1 is 1.37 bits per heavy atom. The van der Waals surface area contributed by atoms with E-state index in [0.29, 0.717) is 6.54 Å². The van der Waals surface area contributed by atoms with E-state index in [1.165, 1.54) is 19.4 Å². The molecular formula is C15H25N3O. The number of aryl methyl sites for hydroxylation is 1. The number of rotatable bonds is 5. The van der Waals surface area contributed by atoms with Crippen molar-refractivity contribution in [2.45, 2.75) is 12.8 Å². The van der Waals surface area contributed by atoms with Crippen LogP contribution in [0.5, 0.6) is 0 Å². The van der Waals surface area contributed by atoms with Crippen LogP contribution in [0.2, 0.25) is 0 Å². The summed E-state index contributed by atoms with van der Waals surface area (Å²) in [4.78, 5) is 16.7. The predicted molar refractivity (Wildman–Crippen MR) is 77.5 cm³/mol. The topological polar surface area (TPSA) is 28.5 Å². The zero-order chi connectivity index (χ0) is 13.8. The van der Waals surface area contributed by atoms with Crippen LogP contribution in [-0.4, -0.2) is 60.4 Å². The Balaban J connectivity index is 1.78. The Morgan fingerprint density at radius 2 is 2.05 bits per heavy atom. The van der Waals surface area contributed by atoms with Gasteiger partial charge in [-0.05, 0) is 52.0 Å². The molecule has 0 saturated carbocycles. The highest BCUT2D eigenvalue weighted by molar-refractivity contribution is 5.97. The zero-order valence-electron chi connectivity index (χ0n) is 12.3. The van der Waals surface area contributed by atoms with Crippen molar-refractivity contribution in [2.75, 3.05) is 40.3 Å². The summed E-state index contributed by atoms with van der Waals surface area (Å²) in [6.45, 7) is 3.84. The molecule has 0 spiro atoms. The van der Waals surface area contributed by atoms with Crippen LogP contribution in [0.1, 0.15) is 23.2 Å². The van der Waals surface area contributed by atoms with E-state index in [1.807, 2.05) is 30.1 Å². The molecule has 1 aromatic rings. The molecule has 19 heavy (non-hydrogen) atoms. The number of likely N-dealkylation sites (tertiary alicyclic amines) is 1. The van der Waals surface area contributed by atoms with Crippen molar-refractivity contribution < 1.29 is 4.79 Å². The van der Waals surface area contributed by atoms with Crippen LogP contribution in [0.4, 0.5) is 0 Å². The average molecular weight is 263 g/mol. The second-order valence-corrected chi connectivity index (χ2v) is 5.97. The minimum absolute atomic E-state index is 0.242. The Kier molecular flexibility index (Phi) is 4.77. The number of piperidine rings is 1. The number of aromatic nitrogens is 1. The first-order chi connectivity index (χ1) is 9.04. The predicted octanol–water partition coefficient (Wildman–Crippen LogP) is 1.48. The highest BCUT2D eigenvalue weighted by Gasteiger charge is 2.21. The number of ketones is 1. The molecular weight excluding hydrogens is 238 g/mol. The fourth-order valence-electron chi connectivity index (χ4n) is 2.81. The summed E-state index contributed by atoms with van der Waals surface area (Å²) < 4.78 is 1.93. The van der Waals surface area contributed by atoms with Gasteiger partial charge in [0.15, 0.2) is 5.78 Å². The fraction of sp³-hybridized carbons (Fsp3) is 0.667. The van der Waals surface area contributed by atoms with E-state index >= 15 is 0 Å². The SMILES string of the molecule is CN(C)CC1CCN(CC(=O)c2ccn(C)c2)CC1. The lowest BCUT2D eigenvalue weighted by atomic mass is 9.96. The van der Waals surface area contributed by atoms with E-state index in [4.69, 9.17) is 0 Å². The minimum Gasteiger partial charge on any atom is -0.357 e. The maximum absolute atomic E-state index is 12.1. The van der Waals surface area contributed by atoms with Gasteiger partial charge in [0.05, 0.1) is 6.54 Å². The largest absolute Gasteiger partial charge is 0.357 e. The third-order valence-corrected chi connectivity index (χ3v) is 3.85. The van der Waals surface area contributed by atoms with Crippen LogP contribution in [0.3, 0.4) is 0 Å². The van der Waals surface area contributed by atoms with E-state index in [-0.39, 0.29) is 5.78 Å². The molecule has 1 saturated heterocycles.